The predicted molar refractivity (Wildman–Crippen MR) is 92.9 cm³/mol. The number of aliphatic hydroxyl groups is 2. The van der Waals surface area contributed by atoms with E-state index >= 15 is 0 Å². The molecule has 1 unspecified atom stereocenters. The summed E-state index contributed by atoms with van der Waals surface area (Å²) < 4.78 is 0. The first kappa shape index (κ1) is 16.4. The van der Waals surface area contributed by atoms with E-state index in [1.165, 1.54) is 44.9 Å². The Labute approximate surface area is 142 Å². The fraction of sp³-hybridized carbons (Fsp3) is 1.00. The van der Waals surface area contributed by atoms with Crippen LogP contribution in [0.5, 0.6) is 0 Å². The lowest BCUT2D eigenvalue weighted by atomic mass is 9.44. The van der Waals surface area contributed by atoms with Gasteiger partial charge in [-0.25, -0.2) is 0 Å². The lowest BCUT2D eigenvalue weighted by Crippen LogP contribution is -2.54. The van der Waals surface area contributed by atoms with E-state index < -0.39 is 0 Å². The molecule has 23 heavy (non-hydrogen) atoms. The Bertz CT molecular complexity index is 461. The lowest BCUT2D eigenvalue weighted by molar-refractivity contribution is -0.132. The quantitative estimate of drug-likeness (QED) is 0.752. The molecule has 4 aliphatic rings. The van der Waals surface area contributed by atoms with Gasteiger partial charge in [0.05, 0.1) is 12.2 Å². The van der Waals surface area contributed by atoms with Crippen molar-refractivity contribution in [3.8, 4) is 0 Å². The van der Waals surface area contributed by atoms with Crippen LogP contribution in [0.15, 0.2) is 0 Å². The van der Waals surface area contributed by atoms with E-state index in [2.05, 4.69) is 13.8 Å². The smallest absolute Gasteiger partial charge is 0.0545 e. The van der Waals surface area contributed by atoms with Crippen LogP contribution in [0.3, 0.4) is 0 Å². The van der Waals surface area contributed by atoms with E-state index in [9.17, 15) is 10.2 Å². The Morgan fingerprint density at radius 2 is 1.57 bits per heavy atom. The molecule has 2 nitrogen and oxygen atoms in total. The first-order chi connectivity index (χ1) is 10.9. The summed E-state index contributed by atoms with van der Waals surface area (Å²) in [7, 11) is 0. The van der Waals surface area contributed by atoms with Gasteiger partial charge in [-0.05, 0) is 105 Å². The third-order valence-electron chi connectivity index (χ3n) is 9.29. The van der Waals surface area contributed by atoms with Crippen LogP contribution in [0.25, 0.3) is 0 Å². The van der Waals surface area contributed by atoms with Crippen molar-refractivity contribution in [2.45, 2.75) is 90.8 Å². The van der Waals surface area contributed by atoms with Gasteiger partial charge in [0.15, 0.2) is 0 Å². The molecule has 2 heteroatoms. The maximum absolute atomic E-state index is 10.3. The number of aliphatic hydroxyl groups excluding tert-OH is 2. The lowest BCUT2D eigenvalue weighted by Gasteiger charge is -2.61. The van der Waals surface area contributed by atoms with Crippen molar-refractivity contribution in [2.75, 3.05) is 0 Å². The normalized spacial score (nSPS) is 57.3. The summed E-state index contributed by atoms with van der Waals surface area (Å²) in [5.41, 5.74) is 0.860. The predicted octanol–water partition coefficient (Wildman–Crippen LogP) is 4.39. The first-order valence-electron chi connectivity index (χ1n) is 10.2. The van der Waals surface area contributed by atoms with Gasteiger partial charge < -0.3 is 10.2 Å². The highest BCUT2D eigenvalue weighted by Crippen LogP contribution is 2.67. The van der Waals surface area contributed by atoms with Crippen LogP contribution in [0, 0.1) is 40.4 Å². The van der Waals surface area contributed by atoms with Crippen LogP contribution in [0.2, 0.25) is 0 Å². The average molecular weight is 321 g/mol. The van der Waals surface area contributed by atoms with Crippen LogP contribution in [-0.4, -0.2) is 22.4 Å². The number of hydrogen-bond donors (Lipinski definition) is 2. The molecule has 0 aromatic carbocycles. The molecule has 0 bridgehead atoms. The van der Waals surface area contributed by atoms with Gasteiger partial charge in [-0.1, -0.05) is 13.8 Å². The summed E-state index contributed by atoms with van der Waals surface area (Å²) in [6.07, 6.45) is 11.1. The highest BCUT2D eigenvalue weighted by Gasteiger charge is 2.60. The molecule has 0 aromatic rings. The average Bonchev–Trinajstić information content (AvgIpc) is 2.85. The van der Waals surface area contributed by atoms with Crippen molar-refractivity contribution < 1.29 is 10.2 Å². The highest BCUT2D eigenvalue weighted by molar-refractivity contribution is 5.09. The number of rotatable bonds is 1. The minimum absolute atomic E-state index is 0.0374. The molecule has 4 aliphatic carbocycles. The third kappa shape index (κ3) is 2.27. The maximum atomic E-state index is 10.3. The molecule has 0 saturated heterocycles. The van der Waals surface area contributed by atoms with Crippen LogP contribution >= 0.6 is 0 Å². The Kier molecular flexibility index (Phi) is 3.89. The second-order valence-electron chi connectivity index (χ2n) is 10.1. The van der Waals surface area contributed by atoms with Gasteiger partial charge >= 0.3 is 0 Å². The van der Waals surface area contributed by atoms with Crippen molar-refractivity contribution in [3.63, 3.8) is 0 Å². The molecular formula is C21H36O2. The fourth-order valence-electron chi connectivity index (χ4n) is 8.07. The zero-order valence-electron chi connectivity index (χ0n) is 15.3. The summed E-state index contributed by atoms with van der Waals surface area (Å²) in [6, 6.07) is 0. The third-order valence-corrected chi connectivity index (χ3v) is 9.29. The van der Waals surface area contributed by atoms with Gasteiger partial charge in [0.25, 0.3) is 0 Å². The Hall–Kier alpha value is -0.0800. The molecule has 2 N–H and O–H groups in total. The van der Waals surface area contributed by atoms with Crippen molar-refractivity contribution in [1.82, 2.24) is 0 Å². The second kappa shape index (κ2) is 5.46. The molecule has 0 aliphatic heterocycles. The van der Waals surface area contributed by atoms with Crippen LogP contribution in [-0.2, 0) is 0 Å². The molecule has 132 valence electrons. The van der Waals surface area contributed by atoms with Gasteiger partial charge in [0.1, 0.15) is 0 Å². The molecule has 9 atom stereocenters. The summed E-state index contributed by atoms with van der Waals surface area (Å²) in [4.78, 5) is 0. The van der Waals surface area contributed by atoms with Crippen molar-refractivity contribution in [2.24, 2.45) is 40.4 Å². The van der Waals surface area contributed by atoms with Gasteiger partial charge in [-0.15, -0.1) is 0 Å². The standard InChI is InChI=1S/C21H36O2/c1-13(22)17-6-7-18-16-5-4-14-12-15(23)8-10-20(14,2)19(16)9-11-21(17,18)3/h13-19,22-23H,4-12H2,1-3H3/t13?,14-,15-,16-,17+,18+,19-,20-,21+/m0/s1. The van der Waals surface area contributed by atoms with Crippen molar-refractivity contribution in [1.29, 1.82) is 0 Å². The number of hydrogen-bond acceptors (Lipinski definition) is 2. The second-order valence-corrected chi connectivity index (χ2v) is 10.1. The van der Waals surface area contributed by atoms with Gasteiger partial charge in [-0.2, -0.15) is 0 Å². The fourth-order valence-corrected chi connectivity index (χ4v) is 8.07. The van der Waals surface area contributed by atoms with E-state index in [1.54, 1.807) is 0 Å². The summed E-state index contributed by atoms with van der Waals surface area (Å²) in [5, 5.41) is 20.4. The zero-order valence-corrected chi connectivity index (χ0v) is 15.3. The van der Waals surface area contributed by atoms with E-state index in [1.807, 2.05) is 6.92 Å². The van der Waals surface area contributed by atoms with E-state index in [0.29, 0.717) is 16.7 Å². The van der Waals surface area contributed by atoms with Crippen molar-refractivity contribution >= 4 is 0 Å². The summed E-state index contributed by atoms with van der Waals surface area (Å²) >= 11 is 0. The van der Waals surface area contributed by atoms with E-state index in [0.717, 1.165) is 36.5 Å². The number of fused-ring (bicyclic) bond motifs is 5. The molecule has 0 amide bonds. The van der Waals surface area contributed by atoms with Crippen LogP contribution in [0.1, 0.15) is 78.6 Å². The monoisotopic (exact) mass is 320 g/mol. The minimum atomic E-state index is -0.140. The largest absolute Gasteiger partial charge is 0.393 e. The van der Waals surface area contributed by atoms with Gasteiger partial charge in [-0.3, -0.25) is 0 Å². The molecule has 4 rings (SSSR count). The van der Waals surface area contributed by atoms with Crippen LogP contribution in [0.4, 0.5) is 0 Å². The van der Waals surface area contributed by atoms with Gasteiger partial charge in [0.2, 0.25) is 0 Å². The maximum Gasteiger partial charge on any atom is 0.0545 e. The molecule has 0 aromatic heterocycles. The minimum Gasteiger partial charge on any atom is -0.393 e. The zero-order chi connectivity index (χ0) is 16.4. The topological polar surface area (TPSA) is 40.5 Å². The molecule has 4 saturated carbocycles. The molecular weight excluding hydrogens is 284 g/mol. The van der Waals surface area contributed by atoms with Crippen molar-refractivity contribution in [3.05, 3.63) is 0 Å². The summed E-state index contributed by atoms with van der Waals surface area (Å²) in [5.74, 6) is 3.87. The SMILES string of the molecule is CC(O)[C@H]1CC[C@@H]2[C@@H]3CC[C@H]4C[C@@H](O)CC[C@]4(C)[C@H]3CC[C@]12C. The van der Waals surface area contributed by atoms with E-state index in [-0.39, 0.29) is 12.2 Å². The molecule has 0 spiro atoms. The Morgan fingerprint density at radius 1 is 0.870 bits per heavy atom. The van der Waals surface area contributed by atoms with Crippen LogP contribution < -0.4 is 0 Å². The Morgan fingerprint density at radius 3 is 2.30 bits per heavy atom. The molecule has 0 radical (unpaired) electrons. The highest BCUT2D eigenvalue weighted by atomic mass is 16.3. The summed E-state index contributed by atoms with van der Waals surface area (Å²) in [6.45, 7) is 7.08. The first-order valence-corrected chi connectivity index (χ1v) is 10.2. The Balaban J connectivity index is 1.60. The van der Waals surface area contributed by atoms with Gasteiger partial charge in [0, 0.05) is 0 Å². The molecule has 4 fully saturated rings. The van der Waals surface area contributed by atoms with E-state index in [4.69, 9.17) is 0 Å². The molecule has 0 heterocycles.